The van der Waals surface area contributed by atoms with Gasteiger partial charge in [-0.1, -0.05) is 12.1 Å². The molecule has 0 saturated carbocycles. The molecule has 1 aromatic carbocycles. The number of aliphatic imine (C=N–C) groups is 1. The fourth-order valence-electron chi connectivity index (χ4n) is 1.82. The van der Waals surface area contributed by atoms with E-state index in [1.54, 1.807) is 13.2 Å². The summed E-state index contributed by atoms with van der Waals surface area (Å²) in [5, 5.41) is 9.04. The Balaban J connectivity index is 2.86. The molecule has 22 heavy (non-hydrogen) atoms. The number of benzene rings is 1. The first-order valence-corrected chi connectivity index (χ1v) is 7.18. The second-order valence-electron chi connectivity index (χ2n) is 4.58. The summed E-state index contributed by atoms with van der Waals surface area (Å²) < 4.78 is 5.23. The molecule has 6 nitrogen and oxygen atoms in total. The van der Waals surface area contributed by atoms with Gasteiger partial charge in [-0.05, 0) is 24.6 Å². The standard InChI is InChI=1S/C16H24N4O2/c1-5-9-18-16(17-6-2)19-11-13-7-8-15(22-4)14(10-13)20-12(3)21/h5,7-8,10H,1,6,9,11H2,2-4H3,(H,20,21)(H2,17,18,19). The number of carbonyl (C=O) groups is 1. The van der Waals surface area contributed by atoms with Gasteiger partial charge in [-0.2, -0.15) is 0 Å². The summed E-state index contributed by atoms with van der Waals surface area (Å²) in [5.41, 5.74) is 1.62. The van der Waals surface area contributed by atoms with Crippen molar-refractivity contribution in [3.05, 3.63) is 36.4 Å². The van der Waals surface area contributed by atoms with Crippen LogP contribution in [0.1, 0.15) is 19.4 Å². The smallest absolute Gasteiger partial charge is 0.221 e. The molecule has 1 aromatic rings. The highest BCUT2D eigenvalue weighted by atomic mass is 16.5. The van der Waals surface area contributed by atoms with Crippen LogP contribution in [0.25, 0.3) is 0 Å². The molecule has 0 bridgehead atoms. The van der Waals surface area contributed by atoms with E-state index >= 15 is 0 Å². The molecule has 1 rings (SSSR count). The number of carbonyl (C=O) groups excluding carboxylic acids is 1. The minimum absolute atomic E-state index is 0.139. The van der Waals surface area contributed by atoms with Gasteiger partial charge in [0.25, 0.3) is 0 Å². The van der Waals surface area contributed by atoms with E-state index in [-0.39, 0.29) is 5.91 Å². The number of nitrogens with zero attached hydrogens (tertiary/aromatic N) is 1. The van der Waals surface area contributed by atoms with Crippen LogP contribution >= 0.6 is 0 Å². The van der Waals surface area contributed by atoms with E-state index < -0.39 is 0 Å². The van der Waals surface area contributed by atoms with Gasteiger partial charge in [0.1, 0.15) is 5.75 Å². The van der Waals surface area contributed by atoms with E-state index in [2.05, 4.69) is 27.5 Å². The van der Waals surface area contributed by atoms with Crippen molar-refractivity contribution in [1.29, 1.82) is 0 Å². The molecule has 0 spiro atoms. The summed E-state index contributed by atoms with van der Waals surface area (Å²) in [6.45, 7) is 9.06. The topological polar surface area (TPSA) is 74.8 Å². The second kappa shape index (κ2) is 9.44. The number of ether oxygens (including phenoxy) is 1. The molecule has 3 N–H and O–H groups in total. The van der Waals surface area contributed by atoms with E-state index in [0.717, 1.165) is 18.1 Å². The van der Waals surface area contributed by atoms with Crippen molar-refractivity contribution in [3.8, 4) is 5.75 Å². The fraction of sp³-hybridized carbons (Fsp3) is 0.375. The van der Waals surface area contributed by atoms with Crippen molar-refractivity contribution in [2.45, 2.75) is 20.4 Å². The Kier molecular flexibility index (Phi) is 7.53. The minimum Gasteiger partial charge on any atom is -0.495 e. The Morgan fingerprint density at radius 2 is 2.18 bits per heavy atom. The lowest BCUT2D eigenvalue weighted by molar-refractivity contribution is -0.114. The number of hydrogen-bond donors (Lipinski definition) is 3. The molecule has 0 atom stereocenters. The van der Waals surface area contributed by atoms with E-state index in [0.29, 0.717) is 24.5 Å². The molecule has 120 valence electrons. The Bertz CT molecular complexity index is 541. The Labute approximate surface area is 131 Å². The molecular weight excluding hydrogens is 280 g/mol. The van der Waals surface area contributed by atoms with Crippen LogP contribution in [-0.2, 0) is 11.3 Å². The molecule has 6 heteroatoms. The summed E-state index contributed by atoms with van der Waals surface area (Å²) >= 11 is 0. The van der Waals surface area contributed by atoms with E-state index in [4.69, 9.17) is 4.74 Å². The van der Waals surface area contributed by atoms with Gasteiger partial charge < -0.3 is 20.7 Å². The highest BCUT2D eigenvalue weighted by Crippen LogP contribution is 2.25. The number of amides is 1. The summed E-state index contributed by atoms with van der Waals surface area (Å²) in [6.07, 6.45) is 1.77. The van der Waals surface area contributed by atoms with Crippen molar-refractivity contribution < 1.29 is 9.53 Å². The number of methoxy groups -OCH3 is 1. The third-order valence-corrected chi connectivity index (χ3v) is 2.75. The predicted molar refractivity (Wildman–Crippen MR) is 90.3 cm³/mol. The van der Waals surface area contributed by atoms with E-state index in [1.165, 1.54) is 6.92 Å². The largest absolute Gasteiger partial charge is 0.495 e. The molecule has 0 fully saturated rings. The quantitative estimate of drug-likeness (QED) is 0.408. The third kappa shape index (κ3) is 5.87. The van der Waals surface area contributed by atoms with Crippen molar-refractivity contribution in [2.75, 3.05) is 25.5 Å². The molecule has 0 heterocycles. The lowest BCUT2D eigenvalue weighted by Crippen LogP contribution is -2.37. The normalized spacial score (nSPS) is 10.8. The predicted octanol–water partition coefficient (Wildman–Crippen LogP) is 1.89. The number of anilines is 1. The number of nitrogens with one attached hydrogen (secondary N) is 3. The van der Waals surface area contributed by atoms with E-state index in [9.17, 15) is 4.79 Å². The monoisotopic (exact) mass is 304 g/mol. The molecule has 1 amide bonds. The van der Waals surface area contributed by atoms with Crippen LogP contribution in [0.2, 0.25) is 0 Å². The molecule has 0 saturated heterocycles. The zero-order chi connectivity index (χ0) is 16.4. The average molecular weight is 304 g/mol. The van der Waals surface area contributed by atoms with Crippen LogP contribution in [0.15, 0.2) is 35.8 Å². The molecule has 0 aliphatic heterocycles. The van der Waals surface area contributed by atoms with Gasteiger partial charge in [-0.3, -0.25) is 4.79 Å². The molecule has 0 radical (unpaired) electrons. The first-order valence-electron chi connectivity index (χ1n) is 7.18. The lowest BCUT2D eigenvalue weighted by atomic mass is 10.2. The van der Waals surface area contributed by atoms with Crippen LogP contribution in [-0.4, -0.2) is 32.1 Å². The van der Waals surface area contributed by atoms with Crippen LogP contribution in [0.4, 0.5) is 5.69 Å². The molecule has 0 aromatic heterocycles. The van der Waals surface area contributed by atoms with E-state index in [1.807, 2.05) is 25.1 Å². The maximum atomic E-state index is 11.2. The molecule has 0 unspecified atom stereocenters. The van der Waals surface area contributed by atoms with Gasteiger partial charge in [0.15, 0.2) is 5.96 Å². The van der Waals surface area contributed by atoms with Crippen molar-refractivity contribution in [2.24, 2.45) is 4.99 Å². The first-order chi connectivity index (χ1) is 10.6. The molecule has 0 aliphatic carbocycles. The number of hydrogen-bond acceptors (Lipinski definition) is 3. The SMILES string of the molecule is C=CCNC(=NCc1ccc(OC)c(NC(C)=O)c1)NCC. The van der Waals surface area contributed by atoms with Crippen LogP contribution in [0, 0.1) is 0 Å². The van der Waals surface area contributed by atoms with Gasteiger partial charge in [0, 0.05) is 20.0 Å². The molecular formula is C16H24N4O2. The van der Waals surface area contributed by atoms with Crippen LogP contribution in [0.5, 0.6) is 5.75 Å². The maximum Gasteiger partial charge on any atom is 0.221 e. The highest BCUT2D eigenvalue weighted by molar-refractivity contribution is 5.90. The maximum absolute atomic E-state index is 11.2. The second-order valence-corrected chi connectivity index (χ2v) is 4.58. The van der Waals surface area contributed by atoms with Gasteiger partial charge in [-0.15, -0.1) is 6.58 Å². The van der Waals surface area contributed by atoms with Gasteiger partial charge in [0.05, 0.1) is 19.3 Å². The van der Waals surface area contributed by atoms with Crippen LogP contribution in [0.3, 0.4) is 0 Å². The Hall–Kier alpha value is -2.50. The number of rotatable bonds is 7. The zero-order valence-corrected chi connectivity index (χ0v) is 13.4. The van der Waals surface area contributed by atoms with Crippen molar-refractivity contribution in [1.82, 2.24) is 10.6 Å². The third-order valence-electron chi connectivity index (χ3n) is 2.75. The van der Waals surface area contributed by atoms with Crippen LogP contribution < -0.4 is 20.7 Å². The summed E-state index contributed by atoms with van der Waals surface area (Å²) in [6, 6.07) is 5.60. The summed E-state index contributed by atoms with van der Waals surface area (Å²) in [4.78, 5) is 15.7. The Morgan fingerprint density at radius 1 is 1.41 bits per heavy atom. The minimum atomic E-state index is -0.139. The number of guanidine groups is 1. The van der Waals surface area contributed by atoms with Crippen molar-refractivity contribution in [3.63, 3.8) is 0 Å². The van der Waals surface area contributed by atoms with Crippen molar-refractivity contribution >= 4 is 17.6 Å². The molecule has 0 aliphatic rings. The first kappa shape index (κ1) is 17.6. The average Bonchev–Trinajstić information content (AvgIpc) is 2.49. The highest BCUT2D eigenvalue weighted by Gasteiger charge is 2.06. The lowest BCUT2D eigenvalue weighted by Gasteiger charge is -2.12. The van der Waals surface area contributed by atoms with Gasteiger partial charge >= 0.3 is 0 Å². The van der Waals surface area contributed by atoms with Gasteiger partial charge in [-0.25, -0.2) is 4.99 Å². The summed E-state index contributed by atoms with van der Waals surface area (Å²) in [5.74, 6) is 1.21. The Morgan fingerprint density at radius 3 is 2.77 bits per heavy atom. The summed E-state index contributed by atoms with van der Waals surface area (Å²) in [7, 11) is 1.57. The fourth-order valence-corrected chi connectivity index (χ4v) is 1.82. The zero-order valence-electron chi connectivity index (χ0n) is 13.4. The van der Waals surface area contributed by atoms with Gasteiger partial charge in [0.2, 0.25) is 5.91 Å².